The van der Waals surface area contributed by atoms with Gasteiger partial charge in [0.2, 0.25) is 0 Å². The molecule has 0 spiro atoms. The van der Waals surface area contributed by atoms with Crippen LogP contribution in [0.4, 0.5) is 0 Å². The summed E-state index contributed by atoms with van der Waals surface area (Å²) in [6.45, 7) is 0. The van der Waals surface area contributed by atoms with Crippen molar-refractivity contribution in [3.05, 3.63) is 27.9 Å². The molecule has 0 aromatic carbocycles. The minimum absolute atomic E-state index is 0.0359. The molecule has 0 radical (unpaired) electrons. The predicted octanol–water partition coefficient (Wildman–Crippen LogP) is 2.30. The van der Waals surface area contributed by atoms with E-state index in [4.69, 9.17) is 0 Å². The molecule has 3 rings (SSSR count). The van der Waals surface area contributed by atoms with E-state index in [0.29, 0.717) is 11.8 Å². The highest BCUT2D eigenvalue weighted by atomic mass is 16.1. The molecule has 15 heavy (non-hydrogen) atoms. The van der Waals surface area contributed by atoms with E-state index in [9.17, 15) is 4.79 Å². The minimum atomic E-state index is 0.0359. The molecule has 3 heteroatoms. The Morgan fingerprint density at radius 2 is 1.87 bits per heavy atom. The highest BCUT2D eigenvalue weighted by molar-refractivity contribution is 5.14. The first kappa shape index (κ1) is 9.13. The summed E-state index contributed by atoms with van der Waals surface area (Å²) in [5.74, 6) is 2.02. The van der Waals surface area contributed by atoms with Gasteiger partial charge in [-0.1, -0.05) is 12.8 Å². The van der Waals surface area contributed by atoms with Crippen LogP contribution in [0.5, 0.6) is 0 Å². The van der Waals surface area contributed by atoms with E-state index >= 15 is 0 Å². The van der Waals surface area contributed by atoms with Crippen molar-refractivity contribution in [2.45, 2.75) is 50.4 Å². The number of rotatable bonds is 2. The maximum Gasteiger partial charge on any atom is 0.251 e. The summed E-state index contributed by atoms with van der Waals surface area (Å²) >= 11 is 0. The Morgan fingerprint density at radius 1 is 1.13 bits per heavy atom. The van der Waals surface area contributed by atoms with Crippen LogP contribution in [0.2, 0.25) is 0 Å². The monoisotopic (exact) mass is 204 g/mol. The van der Waals surface area contributed by atoms with E-state index in [1.165, 1.54) is 38.5 Å². The molecule has 1 aromatic rings. The van der Waals surface area contributed by atoms with Gasteiger partial charge in [0, 0.05) is 17.9 Å². The van der Waals surface area contributed by atoms with Crippen molar-refractivity contribution in [3.8, 4) is 0 Å². The third kappa shape index (κ3) is 1.83. The zero-order valence-electron chi connectivity index (χ0n) is 8.83. The van der Waals surface area contributed by atoms with Gasteiger partial charge in [0.1, 0.15) is 5.82 Å². The van der Waals surface area contributed by atoms with Crippen LogP contribution in [0.25, 0.3) is 0 Å². The van der Waals surface area contributed by atoms with E-state index in [1.54, 1.807) is 6.07 Å². The number of hydrogen-bond donors (Lipinski definition) is 1. The molecule has 2 aliphatic rings. The Bertz CT molecular complexity index is 414. The number of nitrogens with one attached hydrogen (secondary N) is 1. The first-order valence-electron chi connectivity index (χ1n) is 5.94. The predicted molar refractivity (Wildman–Crippen MR) is 58.0 cm³/mol. The molecule has 1 heterocycles. The number of H-pyrrole nitrogens is 1. The van der Waals surface area contributed by atoms with Crippen LogP contribution < -0.4 is 5.56 Å². The molecule has 2 saturated carbocycles. The molecular weight excluding hydrogens is 188 g/mol. The summed E-state index contributed by atoms with van der Waals surface area (Å²) in [5, 5.41) is 0. The van der Waals surface area contributed by atoms with Gasteiger partial charge in [-0.25, -0.2) is 4.98 Å². The van der Waals surface area contributed by atoms with Gasteiger partial charge in [-0.3, -0.25) is 4.79 Å². The number of aromatic amines is 1. The van der Waals surface area contributed by atoms with Crippen LogP contribution in [-0.4, -0.2) is 9.97 Å². The largest absolute Gasteiger partial charge is 0.310 e. The van der Waals surface area contributed by atoms with Crippen molar-refractivity contribution in [2.24, 2.45) is 0 Å². The maximum atomic E-state index is 11.5. The number of nitrogens with zero attached hydrogens (tertiary/aromatic N) is 1. The fraction of sp³-hybridized carbons (Fsp3) is 0.667. The molecule has 0 aliphatic heterocycles. The Hall–Kier alpha value is -1.12. The molecule has 0 saturated heterocycles. The van der Waals surface area contributed by atoms with Gasteiger partial charge in [0.05, 0.1) is 5.69 Å². The van der Waals surface area contributed by atoms with Crippen LogP contribution in [0.15, 0.2) is 10.9 Å². The second-order valence-electron chi connectivity index (χ2n) is 4.81. The Morgan fingerprint density at radius 3 is 2.53 bits per heavy atom. The second-order valence-corrected chi connectivity index (χ2v) is 4.81. The molecule has 1 aromatic heterocycles. The van der Waals surface area contributed by atoms with E-state index in [0.717, 1.165) is 11.5 Å². The lowest BCUT2D eigenvalue weighted by Crippen LogP contribution is -2.13. The van der Waals surface area contributed by atoms with Gasteiger partial charge < -0.3 is 4.98 Å². The Balaban J connectivity index is 1.95. The number of hydrogen-bond acceptors (Lipinski definition) is 2. The quantitative estimate of drug-likeness (QED) is 0.803. The van der Waals surface area contributed by atoms with Crippen molar-refractivity contribution >= 4 is 0 Å². The average Bonchev–Trinajstić information content (AvgIpc) is 2.93. The standard InChI is InChI=1S/C12H16N2O/c15-11-7-10(8-3-1-2-4-8)13-12(14-11)9-5-6-9/h7-9H,1-6H2,(H,13,14,15). The Labute approximate surface area is 88.9 Å². The van der Waals surface area contributed by atoms with Gasteiger partial charge in [-0.2, -0.15) is 0 Å². The summed E-state index contributed by atoms with van der Waals surface area (Å²) in [5.41, 5.74) is 1.08. The molecule has 1 N–H and O–H groups in total. The molecule has 3 nitrogen and oxygen atoms in total. The van der Waals surface area contributed by atoms with E-state index in [1.807, 2.05) is 0 Å². The third-order valence-corrected chi connectivity index (χ3v) is 3.52. The van der Waals surface area contributed by atoms with Crippen molar-refractivity contribution in [2.75, 3.05) is 0 Å². The molecule has 0 atom stereocenters. The lowest BCUT2D eigenvalue weighted by Gasteiger charge is -2.08. The summed E-state index contributed by atoms with van der Waals surface area (Å²) < 4.78 is 0. The summed E-state index contributed by atoms with van der Waals surface area (Å²) in [6, 6.07) is 1.70. The van der Waals surface area contributed by atoms with Crippen LogP contribution in [0, 0.1) is 0 Å². The zero-order chi connectivity index (χ0) is 10.3. The average molecular weight is 204 g/mol. The fourth-order valence-electron chi connectivity index (χ4n) is 2.48. The van der Waals surface area contributed by atoms with Crippen LogP contribution in [0.3, 0.4) is 0 Å². The second kappa shape index (κ2) is 3.47. The molecule has 2 aliphatic carbocycles. The van der Waals surface area contributed by atoms with Crippen molar-refractivity contribution in [1.82, 2.24) is 9.97 Å². The topological polar surface area (TPSA) is 45.8 Å². The normalized spacial score (nSPS) is 22.1. The molecular formula is C12H16N2O. The van der Waals surface area contributed by atoms with Gasteiger partial charge in [0.15, 0.2) is 0 Å². The summed E-state index contributed by atoms with van der Waals surface area (Å²) in [7, 11) is 0. The third-order valence-electron chi connectivity index (χ3n) is 3.52. The Kier molecular flexibility index (Phi) is 2.11. The molecule has 0 amide bonds. The highest BCUT2D eigenvalue weighted by Crippen LogP contribution is 2.39. The molecule has 2 fully saturated rings. The maximum absolute atomic E-state index is 11.5. The van der Waals surface area contributed by atoms with Gasteiger partial charge in [-0.05, 0) is 25.7 Å². The van der Waals surface area contributed by atoms with Crippen LogP contribution >= 0.6 is 0 Å². The minimum Gasteiger partial charge on any atom is -0.310 e. The first-order chi connectivity index (χ1) is 7.33. The molecule has 0 unspecified atom stereocenters. The first-order valence-corrected chi connectivity index (χ1v) is 5.94. The highest BCUT2D eigenvalue weighted by Gasteiger charge is 2.27. The zero-order valence-corrected chi connectivity index (χ0v) is 8.83. The summed E-state index contributed by atoms with van der Waals surface area (Å²) in [4.78, 5) is 19.0. The lowest BCUT2D eigenvalue weighted by molar-refractivity contribution is 0.680. The molecule has 80 valence electrons. The van der Waals surface area contributed by atoms with Crippen molar-refractivity contribution in [3.63, 3.8) is 0 Å². The van der Waals surface area contributed by atoms with Gasteiger partial charge in [-0.15, -0.1) is 0 Å². The van der Waals surface area contributed by atoms with E-state index in [2.05, 4.69) is 9.97 Å². The fourth-order valence-corrected chi connectivity index (χ4v) is 2.48. The van der Waals surface area contributed by atoms with Gasteiger partial charge >= 0.3 is 0 Å². The number of aromatic nitrogens is 2. The van der Waals surface area contributed by atoms with Crippen molar-refractivity contribution in [1.29, 1.82) is 0 Å². The molecule has 0 bridgehead atoms. The smallest absolute Gasteiger partial charge is 0.251 e. The SMILES string of the molecule is O=c1cc(C2CCCC2)nc(C2CC2)[nH]1. The lowest BCUT2D eigenvalue weighted by atomic mass is 10.0. The van der Waals surface area contributed by atoms with Crippen molar-refractivity contribution < 1.29 is 0 Å². The van der Waals surface area contributed by atoms with E-state index < -0.39 is 0 Å². The van der Waals surface area contributed by atoms with Crippen LogP contribution in [0.1, 0.15) is 61.9 Å². The van der Waals surface area contributed by atoms with Gasteiger partial charge in [0.25, 0.3) is 5.56 Å². The summed E-state index contributed by atoms with van der Waals surface area (Å²) in [6.07, 6.45) is 7.38. The van der Waals surface area contributed by atoms with E-state index in [-0.39, 0.29) is 5.56 Å². The van der Waals surface area contributed by atoms with Crippen LogP contribution in [-0.2, 0) is 0 Å².